The molecule has 0 saturated carbocycles. The van der Waals surface area contributed by atoms with Gasteiger partial charge in [0.1, 0.15) is 0 Å². The fourth-order valence-corrected chi connectivity index (χ4v) is 1.17. The number of ether oxygens (including phenoxy) is 1. The minimum Gasteiger partial charge on any atom is -0.465 e. The minimum absolute atomic E-state index is 0.0344. The number of halogens is 1. The van der Waals surface area contributed by atoms with Crippen molar-refractivity contribution in [3.63, 3.8) is 0 Å². The molecule has 0 N–H and O–H groups in total. The second-order valence-corrected chi connectivity index (χ2v) is 2.66. The Balaban J connectivity index is 2.67. The molecule has 2 rings (SSSR count). The topological polar surface area (TPSA) is 52.3 Å². The summed E-state index contributed by atoms with van der Waals surface area (Å²) in [6, 6.07) is 2.88. The third kappa shape index (κ3) is 1.14. The SMILES string of the molecule is COC(=O)c1ccc2cnoc2c1F. The first-order valence-electron chi connectivity index (χ1n) is 3.85. The highest BCUT2D eigenvalue weighted by Gasteiger charge is 2.17. The van der Waals surface area contributed by atoms with Crippen molar-refractivity contribution in [2.45, 2.75) is 0 Å². The normalized spacial score (nSPS) is 10.4. The minimum atomic E-state index is -0.744. The lowest BCUT2D eigenvalue weighted by Gasteiger charge is -1.99. The Morgan fingerprint density at radius 2 is 2.36 bits per heavy atom. The number of methoxy groups -OCH3 is 1. The molecular formula is C9H6FNO3. The third-order valence-electron chi connectivity index (χ3n) is 1.87. The van der Waals surface area contributed by atoms with Crippen LogP contribution in [-0.4, -0.2) is 18.2 Å². The molecular weight excluding hydrogens is 189 g/mol. The van der Waals surface area contributed by atoms with Gasteiger partial charge in [-0.1, -0.05) is 5.16 Å². The summed E-state index contributed by atoms with van der Waals surface area (Å²) in [5, 5.41) is 3.93. The van der Waals surface area contributed by atoms with Gasteiger partial charge in [-0.3, -0.25) is 0 Å². The van der Waals surface area contributed by atoms with Crippen LogP contribution in [0.15, 0.2) is 22.9 Å². The van der Waals surface area contributed by atoms with Crippen molar-refractivity contribution in [3.05, 3.63) is 29.7 Å². The number of benzene rings is 1. The van der Waals surface area contributed by atoms with Crippen molar-refractivity contribution in [1.29, 1.82) is 0 Å². The molecule has 2 aromatic rings. The molecule has 0 amide bonds. The zero-order valence-corrected chi connectivity index (χ0v) is 7.28. The summed E-state index contributed by atoms with van der Waals surface area (Å²) >= 11 is 0. The summed E-state index contributed by atoms with van der Waals surface area (Å²) in [7, 11) is 1.19. The van der Waals surface area contributed by atoms with Crippen LogP contribution in [0, 0.1) is 5.82 Å². The Bertz CT molecular complexity index is 492. The van der Waals surface area contributed by atoms with Gasteiger partial charge in [0.2, 0.25) is 5.58 Å². The van der Waals surface area contributed by atoms with E-state index < -0.39 is 11.8 Å². The van der Waals surface area contributed by atoms with E-state index in [2.05, 4.69) is 14.4 Å². The summed E-state index contributed by atoms with van der Waals surface area (Å²) in [6.07, 6.45) is 1.37. The highest BCUT2D eigenvalue weighted by molar-refractivity contribution is 5.94. The average molecular weight is 195 g/mol. The second-order valence-electron chi connectivity index (χ2n) is 2.66. The predicted octanol–water partition coefficient (Wildman–Crippen LogP) is 1.75. The molecule has 0 spiro atoms. The van der Waals surface area contributed by atoms with Crippen LogP contribution >= 0.6 is 0 Å². The van der Waals surface area contributed by atoms with E-state index in [1.807, 2.05) is 0 Å². The van der Waals surface area contributed by atoms with E-state index >= 15 is 0 Å². The average Bonchev–Trinajstić information content (AvgIpc) is 2.66. The van der Waals surface area contributed by atoms with Crippen LogP contribution in [0.1, 0.15) is 10.4 Å². The Hall–Kier alpha value is -1.91. The lowest BCUT2D eigenvalue weighted by atomic mass is 10.1. The number of rotatable bonds is 1. The predicted molar refractivity (Wildman–Crippen MR) is 45.3 cm³/mol. The molecule has 0 fully saturated rings. The van der Waals surface area contributed by atoms with Gasteiger partial charge in [-0.15, -0.1) is 0 Å². The van der Waals surface area contributed by atoms with Gasteiger partial charge in [0.15, 0.2) is 5.82 Å². The van der Waals surface area contributed by atoms with Crippen molar-refractivity contribution >= 4 is 16.9 Å². The van der Waals surface area contributed by atoms with E-state index in [9.17, 15) is 9.18 Å². The van der Waals surface area contributed by atoms with Crippen LogP contribution in [0.5, 0.6) is 0 Å². The highest BCUT2D eigenvalue weighted by atomic mass is 19.1. The molecule has 0 unspecified atom stereocenters. The first kappa shape index (κ1) is 8.68. The summed E-state index contributed by atoms with van der Waals surface area (Å²) in [5.41, 5.74) is -0.190. The van der Waals surface area contributed by atoms with Gasteiger partial charge in [-0.2, -0.15) is 0 Å². The highest BCUT2D eigenvalue weighted by Crippen LogP contribution is 2.20. The quantitative estimate of drug-likeness (QED) is 0.650. The molecule has 0 atom stereocenters. The third-order valence-corrected chi connectivity index (χ3v) is 1.87. The lowest BCUT2D eigenvalue weighted by molar-refractivity contribution is 0.0595. The molecule has 0 aliphatic carbocycles. The van der Waals surface area contributed by atoms with Crippen molar-refractivity contribution in [3.8, 4) is 0 Å². The lowest BCUT2D eigenvalue weighted by Crippen LogP contribution is -2.04. The maximum Gasteiger partial charge on any atom is 0.340 e. The van der Waals surface area contributed by atoms with Crippen LogP contribution < -0.4 is 0 Å². The summed E-state index contributed by atoms with van der Waals surface area (Å²) in [4.78, 5) is 11.1. The van der Waals surface area contributed by atoms with Crippen molar-refractivity contribution in [1.82, 2.24) is 5.16 Å². The van der Waals surface area contributed by atoms with Crippen molar-refractivity contribution < 1.29 is 18.4 Å². The largest absolute Gasteiger partial charge is 0.465 e. The van der Waals surface area contributed by atoms with Crippen LogP contribution in [0.2, 0.25) is 0 Å². The van der Waals surface area contributed by atoms with E-state index in [0.717, 1.165) is 0 Å². The van der Waals surface area contributed by atoms with E-state index in [-0.39, 0.29) is 11.1 Å². The molecule has 1 aromatic heterocycles. The van der Waals surface area contributed by atoms with Crippen molar-refractivity contribution in [2.24, 2.45) is 0 Å². The maximum absolute atomic E-state index is 13.5. The fourth-order valence-electron chi connectivity index (χ4n) is 1.17. The van der Waals surface area contributed by atoms with E-state index in [0.29, 0.717) is 5.39 Å². The van der Waals surface area contributed by atoms with E-state index in [4.69, 9.17) is 0 Å². The number of nitrogens with zero attached hydrogens (tertiary/aromatic N) is 1. The zero-order chi connectivity index (χ0) is 10.1. The van der Waals surface area contributed by atoms with Gasteiger partial charge in [0.25, 0.3) is 0 Å². The molecule has 0 bridgehead atoms. The molecule has 1 heterocycles. The number of hydrogen-bond donors (Lipinski definition) is 0. The van der Waals surface area contributed by atoms with Gasteiger partial charge in [-0.05, 0) is 12.1 Å². The Labute approximate surface area is 78.2 Å². The second kappa shape index (κ2) is 3.10. The first-order valence-corrected chi connectivity index (χ1v) is 3.85. The number of carbonyl (C=O) groups excluding carboxylic acids is 1. The molecule has 1 aromatic carbocycles. The first-order chi connectivity index (χ1) is 6.74. The molecule has 14 heavy (non-hydrogen) atoms. The van der Waals surface area contributed by atoms with Crippen LogP contribution in [0.4, 0.5) is 4.39 Å². The summed E-state index contributed by atoms with van der Waals surface area (Å²) in [5.74, 6) is -1.48. The van der Waals surface area contributed by atoms with Gasteiger partial charge < -0.3 is 9.26 Å². The number of esters is 1. The molecule has 5 heteroatoms. The number of aromatic nitrogens is 1. The fraction of sp³-hybridized carbons (Fsp3) is 0.111. The molecule has 0 radical (unpaired) electrons. The van der Waals surface area contributed by atoms with Gasteiger partial charge in [-0.25, -0.2) is 9.18 Å². The summed E-state index contributed by atoms with van der Waals surface area (Å²) in [6.45, 7) is 0. The Morgan fingerprint density at radius 1 is 1.57 bits per heavy atom. The monoisotopic (exact) mass is 195 g/mol. The zero-order valence-electron chi connectivity index (χ0n) is 7.28. The van der Waals surface area contributed by atoms with Crippen LogP contribution in [0.3, 0.4) is 0 Å². The van der Waals surface area contributed by atoms with Crippen LogP contribution in [0.25, 0.3) is 11.0 Å². The maximum atomic E-state index is 13.5. The van der Waals surface area contributed by atoms with Crippen molar-refractivity contribution in [2.75, 3.05) is 7.11 Å². The molecule has 0 aliphatic heterocycles. The summed E-state index contributed by atoms with van der Waals surface area (Å²) < 4.78 is 22.6. The molecule has 72 valence electrons. The van der Waals surface area contributed by atoms with Crippen LogP contribution in [-0.2, 0) is 4.74 Å². The van der Waals surface area contributed by atoms with E-state index in [1.165, 1.54) is 19.4 Å². The standard InChI is InChI=1S/C9H6FNO3/c1-13-9(12)6-3-2-5-4-11-14-8(5)7(6)10/h2-4H,1H3. The number of fused-ring (bicyclic) bond motifs is 1. The molecule has 0 aliphatic rings. The number of hydrogen-bond acceptors (Lipinski definition) is 4. The Morgan fingerprint density at radius 3 is 3.07 bits per heavy atom. The smallest absolute Gasteiger partial charge is 0.340 e. The van der Waals surface area contributed by atoms with Gasteiger partial charge >= 0.3 is 5.97 Å². The van der Waals surface area contributed by atoms with Gasteiger partial charge in [0.05, 0.1) is 18.9 Å². The Kier molecular flexibility index (Phi) is 1.92. The van der Waals surface area contributed by atoms with Gasteiger partial charge in [0, 0.05) is 5.39 Å². The molecule has 0 saturated heterocycles. The number of carbonyl (C=O) groups is 1. The van der Waals surface area contributed by atoms with E-state index in [1.54, 1.807) is 6.07 Å². The molecule has 4 nitrogen and oxygen atoms in total.